The van der Waals surface area contributed by atoms with Crippen molar-refractivity contribution in [1.82, 2.24) is 19.7 Å². The molecule has 0 spiro atoms. The second-order valence-electron chi connectivity index (χ2n) is 8.93. The summed E-state index contributed by atoms with van der Waals surface area (Å²) in [5.41, 5.74) is -3.85. The summed E-state index contributed by atoms with van der Waals surface area (Å²) >= 11 is 6.17. The van der Waals surface area contributed by atoms with Gasteiger partial charge in [0.2, 0.25) is 0 Å². The number of aromatic amines is 1. The summed E-state index contributed by atoms with van der Waals surface area (Å²) in [5, 5.41) is 4.27. The van der Waals surface area contributed by atoms with Crippen LogP contribution in [0.5, 0.6) is 0 Å². The molecular weight excluding hydrogens is 505 g/mol. The number of imidazole rings is 1. The van der Waals surface area contributed by atoms with Crippen molar-refractivity contribution < 1.29 is 57.3 Å². The largest absolute Gasteiger partial charge is 1.00 e. The van der Waals surface area contributed by atoms with E-state index < -0.39 is 40.1 Å². The average molecular weight is 525 g/mol. The number of nitrogens with one attached hydrogen (secondary N) is 1. The van der Waals surface area contributed by atoms with Gasteiger partial charge in [0.05, 0.1) is 16.8 Å². The Labute approximate surface area is 225 Å². The SMILES string of the molecule is Cn1nc(C(C)(C)C)c(C(F)(F)F)c1-c1nc2c(C(F)(F)F)cc(-c3ccccc3Cl)cc2[nH]1.[H-].[Na+]. The molecule has 0 aliphatic rings. The zero-order chi connectivity index (χ0) is 25.2. The van der Waals surface area contributed by atoms with Crippen LogP contribution in [-0.4, -0.2) is 19.7 Å². The van der Waals surface area contributed by atoms with Gasteiger partial charge in [0.15, 0.2) is 5.82 Å². The van der Waals surface area contributed by atoms with Gasteiger partial charge in [-0.1, -0.05) is 50.6 Å². The number of rotatable bonds is 2. The monoisotopic (exact) mass is 524 g/mol. The van der Waals surface area contributed by atoms with Gasteiger partial charge in [-0.25, -0.2) is 4.98 Å². The summed E-state index contributed by atoms with van der Waals surface area (Å²) < 4.78 is 85.1. The maximum Gasteiger partial charge on any atom is 1.00 e. The number of H-pyrrole nitrogens is 1. The van der Waals surface area contributed by atoms with E-state index in [1.54, 1.807) is 39.0 Å². The van der Waals surface area contributed by atoms with Crippen molar-refractivity contribution in [3.8, 4) is 22.6 Å². The molecule has 0 radical (unpaired) electrons. The van der Waals surface area contributed by atoms with Crippen LogP contribution in [0.4, 0.5) is 26.3 Å². The topological polar surface area (TPSA) is 46.5 Å². The van der Waals surface area contributed by atoms with Crippen molar-refractivity contribution in [3.63, 3.8) is 0 Å². The van der Waals surface area contributed by atoms with Gasteiger partial charge in [0, 0.05) is 23.0 Å². The minimum Gasteiger partial charge on any atom is -1.00 e. The minimum atomic E-state index is -4.81. The zero-order valence-corrected chi connectivity index (χ0v) is 22.2. The molecule has 0 atom stereocenters. The van der Waals surface area contributed by atoms with Gasteiger partial charge in [0.25, 0.3) is 0 Å². The van der Waals surface area contributed by atoms with E-state index in [1.165, 1.54) is 19.2 Å². The number of fused-ring (bicyclic) bond motifs is 1. The van der Waals surface area contributed by atoms with Gasteiger partial charge >= 0.3 is 41.9 Å². The van der Waals surface area contributed by atoms with E-state index in [0.717, 1.165) is 10.7 Å². The Morgan fingerprint density at radius 1 is 0.971 bits per heavy atom. The summed E-state index contributed by atoms with van der Waals surface area (Å²) in [7, 11) is 1.30. The van der Waals surface area contributed by atoms with Gasteiger partial charge in [-0.05, 0) is 23.8 Å². The van der Waals surface area contributed by atoms with Crippen LogP contribution in [0.1, 0.15) is 39.0 Å². The Morgan fingerprint density at radius 2 is 1.60 bits per heavy atom. The Balaban J connectivity index is 0.00000228. The molecule has 0 saturated carbocycles. The summed E-state index contributed by atoms with van der Waals surface area (Å²) in [5.74, 6) is -0.366. The van der Waals surface area contributed by atoms with Crippen molar-refractivity contribution in [3.05, 3.63) is 58.2 Å². The molecular formula is C23H20ClF6N4Na. The van der Waals surface area contributed by atoms with E-state index in [-0.39, 0.29) is 58.6 Å². The Bertz CT molecular complexity index is 1400. The molecule has 2 heterocycles. The fraction of sp³-hybridized carbons (Fsp3) is 0.304. The van der Waals surface area contributed by atoms with Gasteiger partial charge in [-0.2, -0.15) is 31.4 Å². The Kier molecular flexibility index (Phi) is 7.20. The first kappa shape index (κ1) is 27.6. The fourth-order valence-corrected chi connectivity index (χ4v) is 4.13. The molecule has 1 N–H and O–H groups in total. The number of nitrogens with zero attached hydrogens (tertiary/aromatic N) is 3. The van der Waals surface area contributed by atoms with Gasteiger partial charge in [0.1, 0.15) is 16.8 Å². The molecule has 4 aromatic rings. The van der Waals surface area contributed by atoms with Gasteiger partial charge in [-0.15, -0.1) is 0 Å². The van der Waals surface area contributed by atoms with Gasteiger partial charge < -0.3 is 6.41 Å². The van der Waals surface area contributed by atoms with Crippen molar-refractivity contribution in [2.45, 2.75) is 38.5 Å². The number of aryl methyl sites for hydroxylation is 1. The maximum absolute atomic E-state index is 14.1. The molecule has 35 heavy (non-hydrogen) atoms. The Morgan fingerprint density at radius 3 is 2.14 bits per heavy atom. The van der Waals surface area contributed by atoms with Crippen LogP contribution in [-0.2, 0) is 24.8 Å². The van der Waals surface area contributed by atoms with E-state index in [1.807, 2.05) is 0 Å². The molecule has 2 aromatic heterocycles. The third kappa shape index (κ3) is 5.12. The van der Waals surface area contributed by atoms with E-state index in [0.29, 0.717) is 5.56 Å². The summed E-state index contributed by atoms with van der Waals surface area (Å²) in [6, 6.07) is 8.62. The van der Waals surface area contributed by atoms with Crippen molar-refractivity contribution in [2.75, 3.05) is 0 Å². The molecule has 0 unspecified atom stereocenters. The molecule has 0 bridgehead atoms. The second-order valence-corrected chi connectivity index (χ2v) is 9.33. The normalized spacial score (nSPS) is 12.8. The number of alkyl halides is 6. The predicted octanol–water partition coefficient (Wildman–Crippen LogP) is 4.74. The molecule has 0 saturated heterocycles. The zero-order valence-electron chi connectivity index (χ0n) is 20.5. The summed E-state index contributed by atoms with van der Waals surface area (Å²) in [6.07, 6.45) is -9.61. The van der Waals surface area contributed by atoms with Crippen LogP contribution in [0, 0.1) is 0 Å². The second kappa shape index (κ2) is 9.14. The number of hydrogen-bond acceptors (Lipinski definition) is 2. The van der Waals surface area contributed by atoms with Crippen LogP contribution in [0.25, 0.3) is 33.7 Å². The first-order chi connectivity index (χ1) is 15.6. The summed E-state index contributed by atoms with van der Waals surface area (Å²) in [4.78, 5) is 6.62. The molecule has 182 valence electrons. The van der Waals surface area contributed by atoms with Crippen LogP contribution in [0.2, 0.25) is 5.02 Å². The van der Waals surface area contributed by atoms with Crippen molar-refractivity contribution in [2.24, 2.45) is 7.05 Å². The number of aromatic nitrogens is 4. The minimum absolute atomic E-state index is 0. The van der Waals surface area contributed by atoms with E-state index in [4.69, 9.17) is 11.6 Å². The molecule has 2 aromatic carbocycles. The molecule has 12 heteroatoms. The van der Waals surface area contributed by atoms with Crippen LogP contribution in [0.15, 0.2) is 36.4 Å². The van der Waals surface area contributed by atoms with Crippen LogP contribution in [0.3, 0.4) is 0 Å². The number of benzene rings is 2. The van der Waals surface area contributed by atoms with E-state index >= 15 is 0 Å². The first-order valence-electron chi connectivity index (χ1n) is 10.1. The predicted molar refractivity (Wildman–Crippen MR) is 119 cm³/mol. The maximum atomic E-state index is 14.1. The van der Waals surface area contributed by atoms with E-state index in [9.17, 15) is 26.3 Å². The molecule has 0 aliphatic carbocycles. The number of halogens is 7. The Hall–Kier alpha value is -2.01. The first-order valence-corrected chi connectivity index (χ1v) is 10.5. The van der Waals surface area contributed by atoms with Crippen molar-refractivity contribution in [1.29, 1.82) is 0 Å². The average Bonchev–Trinajstić information content (AvgIpc) is 3.26. The molecule has 0 fully saturated rings. The molecule has 0 aliphatic heterocycles. The third-order valence-corrected chi connectivity index (χ3v) is 5.67. The van der Waals surface area contributed by atoms with Gasteiger partial charge in [-0.3, -0.25) is 4.68 Å². The summed E-state index contributed by atoms with van der Waals surface area (Å²) in [6.45, 7) is 4.72. The smallest absolute Gasteiger partial charge is 1.00 e. The van der Waals surface area contributed by atoms with Crippen molar-refractivity contribution >= 4 is 22.6 Å². The van der Waals surface area contributed by atoms with Crippen LogP contribution >= 0.6 is 11.6 Å². The number of hydrogen-bond donors (Lipinski definition) is 1. The molecule has 0 amide bonds. The standard InChI is InChI=1S/C23H19ClF6N4.Na.H/c1-21(2,3)19-16(23(28,29)30)18(34(4)33-19)20-31-15-10-11(12-7-5-6-8-14(12)24)9-13(17(15)32-20)22(25,26)27;;/h5-10H,1-4H3,(H,31,32);;/q;+1;-1. The fourth-order valence-electron chi connectivity index (χ4n) is 3.89. The molecule has 4 rings (SSSR count). The molecule has 4 nitrogen and oxygen atoms in total. The quantitative estimate of drug-likeness (QED) is 0.304. The van der Waals surface area contributed by atoms with Crippen LogP contribution < -0.4 is 29.6 Å². The third-order valence-electron chi connectivity index (χ3n) is 5.34. The van der Waals surface area contributed by atoms with E-state index in [2.05, 4.69) is 15.1 Å².